The Kier molecular flexibility index (Phi) is 4.45. The van der Waals surface area contributed by atoms with Crippen LogP contribution in [0.15, 0.2) is 18.2 Å². The Morgan fingerprint density at radius 2 is 2.26 bits per heavy atom. The van der Waals surface area contributed by atoms with E-state index in [9.17, 15) is 5.11 Å². The van der Waals surface area contributed by atoms with Crippen molar-refractivity contribution >= 4 is 0 Å². The van der Waals surface area contributed by atoms with Gasteiger partial charge in [-0.25, -0.2) is 0 Å². The van der Waals surface area contributed by atoms with Crippen molar-refractivity contribution in [1.82, 2.24) is 5.32 Å². The van der Waals surface area contributed by atoms with Crippen LogP contribution in [0.3, 0.4) is 0 Å². The molecular formula is C15H23NO3. The lowest BCUT2D eigenvalue weighted by atomic mass is 10.0. The van der Waals surface area contributed by atoms with Crippen LogP contribution in [0.5, 0.6) is 5.75 Å². The van der Waals surface area contributed by atoms with Crippen LogP contribution in [-0.2, 0) is 17.7 Å². The Morgan fingerprint density at radius 1 is 1.47 bits per heavy atom. The quantitative estimate of drug-likeness (QED) is 0.818. The molecule has 1 heterocycles. The van der Waals surface area contributed by atoms with Crippen molar-refractivity contribution in [3.63, 3.8) is 0 Å². The van der Waals surface area contributed by atoms with Crippen molar-refractivity contribution in [3.8, 4) is 5.75 Å². The highest BCUT2D eigenvalue weighted by Crippen LogP contribution is 2.37. The van der Waals surface area contributed by atoms with E-state index < -0.39 is 6.10 Å². The molecule has 0 aromatic heterocycles. The van der Waals surface area contributed by atoms with E-state index >= 15 is 0 Å². The average molecular weight is 265 g/mol. The average Bonchev–Trinajstić information content (AvgIpc) is 2.64. The van der Waals surface area contributed by atoms with Gasteiger partial charge in [0.05, 0.1) is 12.7 Å². The predicted molar refractivity (Wildman–Crippen MR) is 74.4 cm³/mol. The molecular weight excluding hydrogens is 242 g/mol. The van der Waals surface area contributed by atoms with Crippen LogP contribution in [0.1, 0.15) is 25.0 Å². The largest absolute Gasteiger partial charge is 0.487 e. The fraction of sp³-hybridized carbons (Fsp3) is 0.600. The van der Waals surface area contributed by atoms with Gasteiger partial charge in [-0.3, -0.25) is 0 Å². The highest BCUT2D eigenvalue weighted by atomic mass is 16.5. The van der Waals surface area contributed by atoms with Crippen LogP contribution in [0.2, 0.25) is 0 Å². The number of rotatable bonds is 6. The molecule has 1 aromatic rings. The van der Waals surface area contributed by atoms with Crippen LogP contribution in [0, 0.1) is 0 Å². The van der Waals surface area contributed by atoms with E-state index in [2.05, 4.69) is 37.4 Å². The summed E-state index contributed by atoms with van der Waals surface area (Å²) in [5, 5.41) is 12.8. The maximum Gasteiger partial charge on any atom is 0.127 e. The second kappa shape index (κ2) is 5.90. The number of nitrogens with one attached hydrogen (secondary N) is 1. The second-order valence-corrected chi connectivity index (χ2v) is 5.68. The lowest BCUT2D eigenvalue weighted by Gasteiger charge is -2.18. The molecule has 0 saturated carbocycles. The van der Waals surface area contributed by atoms with Crippen molar-refractivity contribution in [2.24, 2.45) is 0 Å². The summed E-state index contributed by atoms with van der Waals surface area (Å²) in [4.78, 5) is 0. The Hall–Kier alpha value is -1.10. The molecule has 106 valence electrons. The fourth-order valence-electron chi connectivity index (χ4n) is 2.44. The minimum absolute atomic E-state index is 0.117. The molecule has 4 heteroatoms. The standard InChI is InChI=1S/C15H23NO3/c1-15(2)7-11-5-4-6-12(14(11)19-15)8-16-9-13(17)10-18-3/h4-6,13,16-17H,7-10H2,1-3H3. The van der Waals surface area contributed by atoms with Gasteiger partial charge in [0, 0.05) is 32.2 Å². The number of ether oxygens (including phenoxy) is 2. The topological polar surface area (TPSA) is 50.7 Å². The van der Waals surface area contributed by atoms with Gasteiger partial charge in [0.25, 0.3) is 0 Å². The summed E-state index contributed by atoms with van der Waals surface area (Å²) in [5.41, 5.74) is 2.29. The van der Waals surface area contributed by atoms with E-state index in [4.69, 9.17) is 9.47 Å². The third-order valence-corrected chi connectivity index (χ3v) is 3.23. The van der Waals surface area contributed by atoms with Crippen LogP contribution in [0.4, 0.5) is 0 Å². The van der Waals surface area contributed by atoms with Gasteiger partial charge in [-0.15, -0.1) is 0 Å². The molecule has 0 bridgehead atoms. The minimum Gasteiger partial charge on any atom is -0.487 e. The summed E-state index contributed by atoms with van der Waals surface area (Å²) >= 11 is 0. The van der Waals surface area contributed by atoms with Crippen molar-refractivity contribution in [2.75, 3.05) is 20.3 Å². The molecule has 0 saturated heterocycles. The number of aliphatic hydroxyl groups is 1. The van der Waals surface area contributed by atoms with Crippen molar-refractivity contribution in [1.29, 1.82) is 0 Å². The first-order valence-electron chi connectivity index (χ1n) is 6.69. The van der Waals surface area contributed by atoms with E-state index in [1.54, 1.807) is 7.11 Å². The zero-order valence-corrected chi connectivity index (χ0v) is 11.9. The molecule has 0 radical (unpaired) electrons. The Morgan fingerprint density at radius 3 is 3.00 bits per heavy atom. The molecule has 1 aliphatic heterocycles. The highest BCUT2D eigenvalue weighted by molar-refractivity contribution is 5.45. The normalized spacial score (nSPS) is 17.9. The van der Waals surface area contributed by atoms with Gasteiger partial charge in [0.2, 0.25) is 0 Å². The lowest BCUT2D eigenvalue weighted by molar-refractivity contribution is 0.0643. The fourth-order valence-corrected chi connectivity index (χ4v) is 2.44. The zero-order chi connectivity index (χ0) is 13.9. The number of benzene rings is 1. The molecule has 2 N–H and O–H groups in total. The number of fused-ring (bicyclic) bond motifs is 1. The van der Waals surface area contributed by atoms with Gasteiger partial charge >= 0.3 is 0 Å². The third kappa shape index (κ3) is 3.69. The Bertz CT molecular complexity index is 431. The maximum absolute atomic E-state index is 9.58. The minimum atomic E-state index is -0.473. The lowest BCUT2D eigenvalue weighted by Crippen LogP contribution is -2.30. The van der Waals surface area contributed by atoms with E-state index in [0.29, 0.717) is 19.7 Å². The molecule has 19 heavy (non-hydrogen) atoms. The van der Waals surface area contributed by atoms with Gasteiger partial charge in [-0.05, 0) is 19.4 Å². The van der Waals surface area contributed by atoms with Gasteiger partial charge in [0.1, 0.15) is 11.4 Å². The molecule has 0 fully saturated rings. The number of para-hydroxylation sites is 1. The Balaban J connectivity index is 1.94. The summed E-state index contributed by atoms with van der Waals surface area (Å²) in [5.74, 6) is 1.00. The number of hydrogen-bond donors (Lipinski definition) is 2. The molecule has 0 aliphatic carbocycles. The smallest absolute Gasteiger partial charge is 0.127 e. The monoisotopic (exact) mass is 265 g/mol. The van der Waals surface area contributed by atoms with E-state index in [0.717, 1.165) is 17.7 Å². The molecule has 1 aliphatic rings. The molecule has 0 spiro atoms. The summed E-state index contributed by atoms with van der Waals surface area (Å²) in [7, 11) is 1.59. The van der Waals surface area contributed by atoms with Gasteiger partial charge in [0.15, 0.2) is 0 Å². The molecule has 0 amide bonds. The number of hydrogen-bond acceptors (Lipinski definition) is 4. The van der Waals surface area contributed by atoms with Gasteiger partial charge in [-0.1, -0.05) is 18.2 Å². The van der Waals surface area contributed by atoms with Crippen LogP contribution in [-0.4, -0.2) is 37.1 Å². The first kappa shape index (κ1) is 14.3. The maximum atomic E-state index is 9.58. The predicted octanol–water partition coefficient (Wildman–Crippen LogP) is 1.50. The van der Waals surface area contributed by atoms with Gasteiger partial charge < -0.3 is 19.9 Å². The van der Waals surface area contributed by atoms with Crippen molar-refractivity contribution in [3.05, 3.63) is 29.3 Å². The first-order valence-corrected chi connectivity index (χ1v) is 6.69. The molecule has 2 rings (SSSR count). The SMILES string of the molecule is COCC(O)CNCc1cccc2c1OC(C)(C)C2. The summed E-state index contributed by atoms with van der Waals surface area (Å²) in [6.45, 7) is 5.77. The van der Waals surface area contributed by atoms with Crippen LogP contribution < -0.4 is 10.1 Å². The molecule has 4 nitrogen and oxygen atoms in total. The highest BCUT2D eigenvalue weighted by Gasteiger charge is 2.31. The second-order valence-electron chi connectivity index (χ2n) is 5.68. The third-order valence-electron chi connectivity index (χ3n) is 3.23. The van der Waals surface area contributed by atoms with Crippen molar-refractivity contribution in [2.45, 2.75) is 38.5 Å². The Labute approximate surface area is 114 Å². The first-order chi connectivity index (χ1) is 9.02. The summed E-state index contributed by atoms with van der Waals surface area (Å²) in [6, 6.07) is 6.25. The summed E-state index contributed by atoms with van der Waals surface area (Å²) < 4.78 is 10.9. The van der Waals surface area contributed by atoms with E-state index in [1.165, 1.54) is 5.56 Å². The molecule has 1 aromatic carbocycles. The van der Waals surface area contributed by atoms with E-state index in [-0.39, 0.29) is 5.60 Å². The van der Waals surface area contributed by atoms with Crippen molar-refractivity contribution < 1.29 is 14.6 Å². The number of aliphatic hydroxyl groups excluding tert-OH is 1. The van der Waals surface area contributed by atoms with Crippen LogP contribution >= 0.6 is 0 Å². The van der Waals surface area contributed by atoms with Crippen LogP contribution in [0.25, 0.3) is 0 Å². The molecule has 1 atom stereocenters. The summed E-state index contributed by atoms with van der Waals surface area (Å²) in [6.07, 6.45) is 0.474. The van der Waals surface area contributed by atoms with Gasteiger partial charge in [-0.2, -0.15) is 0 Å². The van der Waals surface area contributed by atoms with E-state index in [1.807, 2.05) is 0 Å². The number of methoxy groups -OCH3 is 1. The molecule has 1 unspecified atom stereocenters. The zero-order valence-electron chi connectivity index (χ0n) is 11.9.